The number of furan rings is 1. The summed E-state index contributed by atoms with van der Waals surface area (Å²) in [5.41, 5.74) is 7.71. The number of ether oxygens (including phenoxy) is 1. The van der Waals surface area contributed by atoms with Gasteiger partial charge < -0.3 is 14.5 Å². The van der Waals surface area contributed by atoms with Crippen LogP contribution in [0.25, 0.3) is 27.7 Å². The van der Waals surface area contributed by atoms with E-state index in [2.05, 4.69) is 43.4 Å². The Balaban J connectivity index is 1.67. The van der Waals surface area contributed by atoms with Crippen molar-refractivity contribution in [2.45, 2.75) is 27.2 Å². The maximum atomic E-state index is 12.6. The smallest absolute Gasteiger partial charge is 0.248 e. The molecule has 0 spiro atoms. The van der Waals surface area contributed by atoms with Crippen molar-refractivity contribution in [3.05, 3.63) is 89.7 Å². The van der Waals surface area contributed by atoms with Gasteiger partial charge in [-0.05, 0) is 55.2 Å². The molecule has 0 aliphatic heterocycles. The SMILES string of the molecule is CCc1ccc(NC(=O)/C=C(\C)c2cc3c(-c4ccc(C)cc4)coc3cc2OC)cc1. The van der Waals surface area contributed by atoms with Crippen molar-refractivity contribution in [2.75, 3.05) is 12.4 Å². The highest BCUT2D eigenvalue weighted by Gasteiger charge is 2.15. The normalized spacial score (nSPS) is 11.6. The summed E-state index contributed by atoms with van der Waals surface area (Å²) in [6.07, 6.45) is 4.33. The maximum Gasteiger partial charge on any atom is 0.248 e. The van der Waals surface area contributed by atoms with E-state index < -0.39 is 0 Å². The number of carbonyl (C=O) groups is 1. The van der Waals surface area contributed by atoms with Gasteiger partial charge in [0.05, 0.1) is 13.4 Å². The van der Waals surface area contributed by atoms with Crippen LogP contribution in [0.4, 0.5) is 5.69 Å². The van der Waals surface area contributed by atoms with E-state index in [4.69, 9.17) is 9.15 Å². The topological polar surface area (TPSA) is 51.5 Å². The van der Waals surface area contributed by atoms with Gasteiger partial charge in [-0.15, -0.1) is 0 Å². The number of anilines is 1. The Morgan fingerprint density at radius 1 is 1.06 bits per heavy atom. The molecule has 1 aromatic heterocycles. The van der Waals surface area contributed by atoms with Gasteiger partial charge in [0.15, 0.2) is 0 Å². The van der Waals surface area contributed by atoms with Crippen LogP contribution in [0.3, 0.4) is 0 Å². The van der Waals surface area contributed by atoms with Crippen LogP contribution in [0, 0.1) is 6.92 Å². The van der Waals surface area contributed by atoms with Crippen molar-refractivity contribution in [1.29, 1.82) is 0 Å². The number of fused-ring (bicyclic) bond motifs is 1. The van der Waals surface area contributed by atoms with Crippen LogP contribution < -0.4 is 10.1 Å². The zero-order chi connectivity index (χ0) is 22.7. The lowest BCUT2D eigenvalue weighted by atomic mass is 9.99. The highest BCUT2D eigenvalue weighted by Crippen LogP contribution is 2.37. The second kappa shape index (κ2) is 9.15. The molecule has 1 N–H and O–H groups in total. The number of hydrogen-bond acceptors (Lipinski definition) is 3. The Labute approximate surface area is 188 Å². The van der Waals surface area contributed by atoms with Gasteiger partial charge >= 0.3 is 0 Å². The van der Waals surface area contributed by atoms with Gasteiger partial charge in [0.2, 0.25) is 5.91 Å². The fraction of sp³-hybridized carbons (Fsp3) is 0.179. The molecule has 0 aliphatic carbocycles. The molecule has 0 saturated carbocycles. The third kappa shape index (κ3) is 4.45. The third-order valence-electron chi connectivity index (χ3n) is 5.66. The summed E-state index contributed by atoms with van der Waals surface area (Å²) in [6.45, 7) is 6.08. The van der Waals surface area contributed by atoms with Gasteiger partial charge in [0, 0.05) is 34.3 Å². The zero-order valence-electron chi connectivity index (χ0n) is 18.9. The van der Waals surface area contributed by atoms with Gasteiger partial charge in [-0.25, -0.2) is 0 Å². The number of hydrogen-bond donors (Lipinski definition) is 1. The molecular formula is C28H27NO3. The summed E-state index contributed by atoms with van der Waals surface area (Å²) in [5, 5.41) is 3.91. The molecule has 0 atom stereocenters. The quantitative estimate of drug-likeness (QED) is 0.338. The predicted molar refractivity (Wildman–Crippen MR) is 131 cm³/mol. The third-order valence-corrected chi connectivity index (χ3v) is 5.66. The van der Waals surface area contributed by atoms with E-state index in [1.165, 1.54) is 11.1 Å². The molecule has 32 heavy (non-hydrogen) atoms. The Morgan fingerprint density at radius 3 is 2.44 bits per heavy atom. The van der Waals surface area contributed by atoms with Gasteiger partial charge in [-0.3, -0.25) is 4.79 Å². The minimum atomic E-state index is -0.181. The molecule has 1 heterocycles. The second-order valence-electron chi connectivity index (χ2n) is 7.93. The van der Waals surface area contributed by atoms with Crippen molar-refractivity contribution in [3.8, 4) is 16.9 Å². The molecule has 0 unspecified atom stereocenters. The number of carbonyl (C=O) groups excluding carboxylic acids is 1. The number of allylic oxidation sites excluding steroid dienone is 1. The van der Waals surface area contributed by atoms with E-state index in [0.717, 1.165) is 45.3 Å². The summed E-state index contributed by atoms with van der Waals surface area (Å²) in [5.74, 6) is 0.482. The van der Waals surface area contributed by atoms with E-state index >= 15 is 0 Å². The van der Waals surface area contributed by atoms with Crippen LogP contribution in [-0.2, 0) is 11.2 Å². The number of benzene rings is 3. The van der Waals surface area contributed by atoms with Crippen LogP contribution in [0.1, 0.15) is 30.5 Å². The summed E-state index contributed by atoms with van der Waals surface area (Å²) in [6, 6.07) is 20.1. The molecule has 162 valence electrons. The first-order valence-corrected chi connectivity index (χ1v) is 10.7. The van der Waals surface area contributed by atoms with Crippen LogP contribution in [0.2, 0.25) is 0 Å². The maximum absolute atomic E-state index is 12.6. The van der Waals surface area contributed by atoms with E-state index in [9.17, 15) is 4.79 Å². The summed E-state index contributed by atoms with van der Waals surface area (Å²) in [4.78, 5) is 12.6. The Hall–Kier alpha value is -3.79. The fourth-order valence-electron chi connectivity index (χ4n) is 3.77. The van der Waals surface area contributed by atoms with Crippen LogP contribution in [0.15, 0.2) is 77.4 Å². The van der Waals surface area contributed by atoms with Crippen molar-refractivity contribution in [2.24, 2.45) is 0 Å². The Kier molecular flexibility index (Phi) is 6.13. The van der Waals surface area contributed by atoms with Crippen LogP contribution in [0.5, 0.6) is 5.75 Å². The number of nitrogens with one attached hydrogen (secondary N) is 1. The van der Waals surface area contributed by atoms with Crippen molar-refractivity contribution in [1.82, 2.24) is 0 Å². The summed E-state index contributed by atoms with van der Waals surface area (Å²) < 4.78 is 11.4. The van der Waals surface area contributed by atoms with E-state index in [-0.39, 0.29) is 5.91 Å². The first kappa shape index (κ1) is 21.4. The van der Waals surface area contributed by atoms with Gasteiger partial charge in [0.25, 0.3) is 0 Å². The first-order valence-electron chi connectivity index (χ1n) is 10.7. The summed E-state index contributed by atoms with van der Waals surface area (Å²) >= 11 is 0. The molecule has 4 heteroatoms. The highest BCUT2D eigenvalue weighted by atomic mass is 16.5. The fourth-order valence-corrected chi connectivity index (χ4v) is 3.77. The van der Waals surface area contributed by atoms with Gasteiger partial charge in [-0.1, -0.05) is 48.9 Å². The molecule has 4 rings (SSSR count). The molecule has 0 aliphatic rings. The summed E-state index contributed by atoms with van der Waals surface area (Å²) in [7, 11) is 1.62. The molecular weight excluding hydrogens is 398 g/mol. The lowest BCUT2D eigenvalue weighted by Crippen LogP contribution is -2.08. The lowest BCUT2D eigenvalue weighted by molar-refractivity contribution is -0.111. The van der Waals surface area contributed by atoms with Gasteiger partial charge in [-0.2, -0.15) is 0 Å². The first-order chi connectivity index (χ1) is 15.5. The monoisotopic (exact) mass is 425 g/mol. The molecule has 0 fully saturated rings. The van der Waals surface area contributed by atoms with Crippen molar-refractivity contribution < 1.29 is 13.9 Å². The Bertz CT molecular complexity index is 1280. The minimum Gasteiger partial charge on any atom is -0.496 e. The van der Waals surface area contributed by atoms with E-state index in [1.807, 2.05) is 43.3 Å². The standard InChI is InChI=1S/C28H27NO3/c1-5-20-8-12-22(13-9-20)29-28(30)14-19(3)23-15-24-25(21-10-6-18(2)7-11-21)17-32-27(24)16-26(23)31-4/h6-17H,5H2,1-4H3,(H,29,30)/b19-14+. The zero-order valence-corrected chi connectivity index (χ0v) is 18.9. The second-order valence-corrected chi connectivity index (χ2v) is 7.93. The Morgan fingerprint density at radius 2 is 1.78 bits per heavy atom. The van der Waals surface area contributed by atoms with Crippen molar-refractivity contribution >= 4 is 28.1 Å². The van der Waals surface area contributed by atoms with Gasteiger partial charge in [0.1, 0.15) is 11.3 Å². The number of rotatable bonds is 6. The van der Waals surface area contributed by atoms with Crippen LogP contribution >= 0.6 is 0 Å². The minimum absolute atomic E-state index is 0.181. The molecule has 0 saturated heterocycles. The number of methoxy groups -OCH3 is 1. The number of aryl methyl sites for hydroxylation is 2. The molecule has 0 radical (unpaired) electrons. The van der Waals surface area contributed by atoms with Crippen molar-refractivity contribution in [3.63, 3.8) is 0 Å². The molecule has 1 amide bonds. The molecule has 0 bridgehead atoms. The van der Waals surface area contributed by atoms with Crippen LogP contribution in [-0.4, -0.2) is 13.0 Å². The molecule has 4 aromatic rings. The van der Waals surface area contributed by atoms with E-state index in [1.54, 1.807) is 19.4 Å². The number of amides is 1. The molecule has 4 nitrogen and oxygen atoms in total. The lowest BCUT2D eigenvalue weighted by Gasteiger charge is -2.10. The highest BCUT2D eigenvalue weighted by molar-refractivity contribution is 6.05. The average molecular weight is 426 g/mol. The average Bonchev–Trinajstić information content (AvgIpc) is 3.22. The largest absolute Gasteiger partial charge is 0.496 e. The molecule has 3 aromatic carbocycles. The van der Waals surface area contributed by atoms with E-state index in [0.29, 0.717) is 5.75 Å². The predicted octanol–water partition coefficient (Wildman–Crippen LogP) is 7.02.